The van der Waals surface area contributed by atoms with Crippen molar-refractivity contribution in [1.29, 1.82) is 0 Å². The lowest BCUT2D eigenvalue weighted by atomic mass is 10.00. The number of hydrogen-bond donors (Lipinski definition) is 0. The number of thiophene rings is 1. The highest BCUT2D eigenvalue weighted by Gasteiger charge is 2.04. The van der Waals surface area contributed by atoms with Gasteiger partial charge in [0, 0.05) is 0 Å². The molecule has 25 heavy (non-hydrogen) atoms. The van der Waals surface area contributed by atoms with E-state index in [-0.39, 0.29) is 0 Å². The molecular weight excluding hydrogens is 320 g/mol. The van der Waals surface area contributed by atoms with E-state index in [0.29, 0.717) is 0 Å². The molecule has 0 amide bonds. The van der Waals surface area contributed by atoms with Crippen LogP contribution in [0.2, 0.25) is 0 Å². The van der Waals surface area contributed by atoms with E-state index >= 15 is 0 Å². The Morgan fingerprint density at radius 3 is 1.16 bits per heavy atom. The quantitative estimate of drug-likeness (QED) is 0.228. The number of aryl methyl sites for hydroxylation is 2. The molecule has 0 unspecified atom stereocenters. The molecule has 1 heteroatoms. The van der Waals surface area contributed by atoms with Crippen molar-refractivity contribution in [3.63, 3.8) is 0 Å². The van der Waals surface area contributed by atoms with E-state index in [1.54, 1.807) is 11.1 Å². The second-order valence-electron chi connectivity index (χ2n) is 7.87. The first-order valence-corrected chi connectivity index (χ1v) is 12.4. The monoisotopic (exact) mass is 364 g/mol. The molecule has 0 radical (unpaired) electrons. The van der Waals surface area contributed by atoms with Crippen molar-refractivity contribution < 1.29 is 0 Å². The molecule has 0 saturated heterocycles. The molecule has 0 saturated carbocycles. The van der Waals surface area contributed by atoms with Crippen LogP contribution in [0.1, 0.15) is 128 Å². The molecular formula is C24H44S. The van der Waals surface area contributed by atoms with Gasteiger partial charge in [0.05, 0.1) is 0 Å². The fraction of sp³-hybridized carbons (Fsp3) is 0.833. The maximum Gasteiger partial charge on any atom is -0.00584 e. The van der Waals surface area contributed by atoms with Gasteiger partial charge in [-0.1, -0.05) is 104 Å². The van der Waals surface area contributed by atoms with Crippen LogP contribution in [0.5, 0.6) is 0 Å². The van der Waals surface area contributed by atoms with Gasteiger partial charge in [-0.05, 0) is 47.6 Å². The summed E-state index contributed by atoms with van der Waals surface area (Å²) in [6, 6.07) is 0. The van der Waals surface area contributed by atoms with Crippen molar-refractivity contribution in [3.8, 4) is 0 Å². The van der Waals surface area contributed by atoms with Crippen molar-refractivity contribution in [1.82, 2.24) is 0 Å². The molecule has 0 nitrogen and oxygen atoms in total. The average Bonchev–Trinajstić information content (AvgIpc) is 3.07. The average molecular weight is 365 g/mol. The van der Waals surface area contributed by atoms with Crippen LogP contribution in [0.15, 0.2) is 10.8 Å². The van der Waals surface area contributed by atoms with Gasteiger partial charge in [-0.25, -0.2) is 0 Å². The van der Waals surface area contributed by atoms with Crippen molar-refractivity contribution in [3.05, 3.63) is 21.9 Å². The van der Waals surface area contributed by atoms with Gasteiger partial charge in [-0.15, -0.1) is 0 Å². The molecule has 1 aromatic heterocycles. The third-order valence-electron chi connectivity index (χ3n) is 5.43. The van der Waals surface area contributed by atoms with Crippen molar-refractivity contribution in [2.75, 3.05) is 0 Å². The third kappa shape index (κ3) is 12.7. The second-order valence-corrected chi connectivity index (χ2v) is 8.62. The van der Waals surface area contributed by atoms with E-state index in [0.717, 1.165) is 0 Å². The van der Waals surface area contributed by atoms with Crippen LogP contribution in [0.3, 0.4) is 0 Å². The van der Waals surface area contributed by atoms with Gasteiger partial charge in [-0.2, -0.15) is 11.3 Å². The van der Waals surface area contributed by atoms with E-state index in [1.807, 2.05) is 11.3 Å². The molecule has 0 fully saturated rings. The summed E-state index contributed by atoms with van der Waals surface area (Å²) < 4.78 is 0. The minimum atomic E-state index is 1.32. The van der Waals surface area contributed by atoms with E-state index in [1.165, 1.54) is 116 Å². The largest absolute Gasteiger partial charge is 0.152 e. The molecule has 0 aliphatic heterocycles. The van der Waals surface area contributed by atoms with Crippen LogP contribution < -0.4 is 0 Å². The Morgan fingerprint density at radius 1 is 0.480 bits per heavy atom. The first-order valence-electron chi connectivity index (χ1n) is 11.4. The second kappa shape index (κ2) is 17.1. The Morgan fingerprint density at radius 2 is 0.800 bits per heavy atom. The summed E-state index contributed by atoms with van der Waals surface area (Å²) >= 11 is 1.92. The molecule has 146 valence electrons. The summed E-state index contributed by atoms with van der Waals surface area (Å²) in [6.07, 6.45) is 25.5. The Labute approximate surface area is 162 Å². The molecule has 1 rings (SSSR count). The van der Waals surface area contributed by atoms with Crippen LogP contribution in [0.4, 0.5) is 0 Å². The zero-order chi connectivity index (χ0) is 18.0. The van der Waals surface area contributed by atoms with Crippen molar-refractivity contribution in [2.45, 2.75) is 129 Å². The Balaban J connectivity index is 1.98. The SMILES string of the molecule is CCCCCCCCCCCCc1cscc1CCCCCCCC. The molecule has 0 N–H and O–H groups in total. The predicted molar refractivity (Wildman–Crippen MR) is 117 cm³/mol. The fourth-order valence-electron chi connectivity index (χ4n) is 3.69. The Hall–Kier alpha value is -0.300. The first-order chi connectivity index (χ1) is 12.4. The van der Waals surface area contributed by atoms with Gasteiger partial charge >= 0.3 is 0 Å². The third-order valence-corrected chi connectivity index (χ3v) is 6.27. The zero-order valence-electron chi connectivity index (χ0n) is 17.3. The van der Waals surface area contributed by atoms with Crippen LogP contribution in [-0.4, -0.2) is 0 Å². The number of rotatable bonds is 18. The fourth-order valence-corrected chi connectivity index (χ4v) is 4.62. The molecule has 0 aliphatic carbocycles. The summed E-state index contributed by atoms with van der Waals surface area (Å²) in [5.41, 5.74) is 3.33. The standard InChI is InChI=1S/C24H44S/c1-3-5-7-9-11-12-13-14-16-18-20-24-22-25-21-23(24)19-17-15-10-8-6-4-2/h21-22H,3-20H2,1-2H3. The lowest BCUT2D eigenvalue weighted by molar-refractivity contribution is 0.556. The maximum atomic E-state index is 2.42. The van der Waals surface area contributed by atoms with Crippen LogP contribution in [0.25, 0.3) is 0 Å². The van der Waals surface area contributed by atoms with Crippen molar-refractivity contribution >= 4 is 11.3 Å². The minimum Gasteiger partial charge on any atom is -0.152 e. The Bertz CT molecular complexity index is 379. The summed E-state index contributed by atoms with van der Waals surface area (Å²) in [6.45, 7) is 4.59. The topological polar surface area (TPSA) is 0 Å². The van der Waals surface area contributed by atoms with Gasteiger partial charge in [-0.3, -0.25) is 0 Å². The first kappa shape index (κ1) is 22.7. The predicted octanol–water partition coefficient (Wildman–Crippen LogP) is 9.11. The zero-order valence-corrected chi connectivity index (χ0v) is 18.1. The minimum absolute atomic E-state index is 1.32. The molecule has 0 aromatic carbocycles. The van der Waals surface area contributed by atoms with E-state index < -0.39 is 0 Å². The van der Waals surface area contributed by atoms with E-state index in [2.05, 4.69) is 24.6 Å². The summed E-state index contributed by atoms with van der Waals surface area (Å²) in [4.78, 5) is 0. The smallest absolute Gasteiger partial charge is 0.00584 e. The molecule has 0 atom stereocenters. The lowest BCUT2D eigenvalue weighted by Gasteiger charge is -2.05. The van der Waals surface area contributed by atoms with Gasteiger partial charge in [0.25, 0.3) is 0 Å². The summed E-state index contributed by atoms with van der Waals surface area (Å²) in [7, 11) is 0. The van der Waals surface area contributed by atoms with Gasteiger partial charge in [0.2, 0.25) is 0 Å². The molecule has 1 heterocycles. The Kier molecular flexibility index (Phi) is 15.6. The normalized spacial score (nSPS) is 11.3. The van der Waals surface area contributed by atoms with E-state index in [9.17, 15) is 0 Å². The van der Waals surface area contributed by atoms with Gasteiger partial charge in [0.15, 0.2) is 0 Å². The van der Waals surface area contributed by atoms with Crippen molar-refractivity contribution in [2.24, 2.45) is 0 Å². The van der Waals surface area contributed by atoms with E-state index in [4.69, 9.17) is 0 Å². The van der Waals surface area contributed by atoms with Crippen LogP contribution >= 0.6 is 11.3 Å². The summed E-state index contributed by atoms with van der Waals surface area (Å²) in [5.74, 6) is 0. The highest BCUT2D eigenvalue weighted by molar-refractivity contribution is 7.08. The molecule has 0 aliphatic rings. The highest BCUT2D eigenvalue weighted by Crippen LogP contribution is 2.21. The van der Waals surface area contributed by atoms with Gasteiger partial charge in [0.1, 0.15) is 0 Å². The van der Waals surface area contributed by atoms with Gasteiger partial charge < -0.3 is 0 Å². The lowest BCUT2D eigenvalue weighted by Crippen LogP contribution is -1.92. The molecule has 0 spiro atoms. The van der Waals surface area contributed by atoms with Crippen LogP contribution in [0, 0.1) is 0 Å². The van der Waals surface area contributed by atoms with Crippen LogP contribution in [-0.2, 0) is 12.8 Å². The number of unbranched alkanes of at least 4 members (excludes halogenated alkanes) is 14. The molecule has 1 aromatic rings. The maximum absolute atomic E-state index is 2.42. The number of hydrogen-bond acceptors (Lipinski definition) is 1. The highest BCUT2D eigenvalue weighted by atomic mass is 32.1. The molecule has 0 bridgehead atoms. The summed E-state index contributed by atoms with van der Waals surface area (Å²) in [5, 5.41) is 4.83.